The molecule has 1 unspecified atom stereocenters. The zero-order valence-corrected chi connectivity index (χ0v) is 10.0. The van der Waals surface area contributed by atoms with E-state index in [2.05, 4.69) is 44.3 Å². The zero-order chi connectivity index (χ0) is 10.8. The smallest absolute Gasteiger partial charge is 0.0351 e. The first-order chi connectivity index (χ1) is 7.24. The van der Waals surface area contributed by atoms with Crippen LogP contribution in [0, 0.1) is 19.8 Å². The Hall–Kier alpha value is -0.820. The van der Waals surface area contributed by atoms with Gasteiger partial charge in [-0.25, -0.2) is 0 Å². The van der Waals surface area contributed by atoms with Gasteiger partial charge in [0, 0.05) is 6.04 Å². The molecule has 0 radical (unpaired) electrons. The van der Waals surface area contributed by atoms with Gasteiger partial charge >= 0.3 is 0 Å². The first kappa shape index (κ1) is 10.7. The molecule has 15 heavy (non-hydrogen) atoms. The Labute approximate surface area is 92.9 Å². The lowest BCUT2D eigenvalue weighted by molar-refractivity contribution is 0.494. The lowest BCUT2D eigenvalue weighted by atomic mass is 9.94. The average Bonchev–Trinajstić information content (AvgIpc) is 3.03. The molecule has 1 heteroatoms. The maximum absolute atomic E-state index is 3.63. The highest BCUT2D eigenvalue weighted by atomic mass is 14.9. The van der Waals surface area contributed by atoms with Crippen molar-refractivity contribution in [1.29, 1.82) is 0 Å². The third kappa shape index (κ3) is 2.23. The van der Waals surface area contributed by atoms with E-state index in [0.29, 0.717) is 6.04 Å². The van der Waals surface area contributed by atoms with Crippen molar-refractivity contribution in [2.75, 3.05) is 6.54 Å². The summed E-state index contributed by atoms with van der Waals surface area (Å²) in [5, 5.41) is 3.63. The van der Waals surface area contributed by atoms with Gasteiger partial charge in [-0.15, -0.1) is 0 Å². The van der Waals surface area contributed by atoms with Gasteiger partial charge in [0.25, 0.3) is 0 Å². The molecule has 1 nitrogen and oxygen atoms in total. The standard InChI is InChI=1S/C14H21N/c1-4-15-14(12-8-9-12)13-7-5-6-10(2)11(13)3/h5-7,12,14-15H,4,8-9H2,1-3H3. The molecule has 1 saturated carbocycles. The third-order valence-corrected chi connectivity index (χ3v) is 3.50. The number of hydrogen-bond acceptors (Lipinski definition) is 1. The summed E-state index contributed by atoms with van der Waals surface area (Å²) in [4.78, 5) is 0. The predicted molar refractivity (Wildman–Crippen MR) is 65.1 cm³/mol. The van der Waals surface area contributed by atoms with Crippen LogP contribution in [-0.4, -0.2) is 6.54 Å². The highest BCUT2D eigenvalue weighted by Gasteiger charge is 2.32. The molecule has 0 bridgehead atoms. The molecule has 1 N–H and O–H groups in total. The van der Waals surface area contributed by atoms with Crippen LogP contribution in [0.4, 0.5) is 0 Å². The maximum atomic E-state index is 3.63. The summed E-state index contributed by atoms with van der Waals surface area (Å²) in [6, 6.07) is 7.27. The third-order valence-electron chi connectivity index (χ3n) is 3.50. The first-order valence-corrected chi connectivity index (χ1v) is 6.03. The fourth-order valence-corrected chi connectivity index (χ4v) is 2.29. The molecule has 0 saturated heterocycles. The van der Waals surface area contributed by atoms with Crippen LogP contribution in [0.1, 0.15) is 42.5 Å². The summed E-state index contributed by atoms with van der Waals surface area (Å²) >= 11 is 0. The van der Waals surface area contributed by atoms with Crippen molar-refractivity contribution in [3.8, 4) is 0 Å². The van der Waals surface area contributed by atoms with Crippen molar-refractivity contribution >= 4 is 0 Å². The molecule has 0 amide bonds. The summed E-state index contributed by atoms with van der Waals surface area (Å²) in [5.41, 5.74) is 4.39. The molecule has 1 aliphatic carbocycles. The topological polar surface area (TPSA) is 12.0 Å². The second-order valence-electron chi connectivity index (χ2n) is 4.66. The van der Waals surface area contributed by atoms with E-state index in [1.165, 1.54) is 29.5 Å². The van der Waals surface area contributed by atoms with E-state index in [-0.39, 0.29) is 0 Å². The molecule has 1 aromatic carbocycles. The highest BCUT2D eigenvalue weighted by Crippen LogP contribution is 2.42. The fourth-order valence-electron chi connectivity index (χ4n) is 2.29. The van der Waals surface area contributed by atoms with Gasteiger partial charge in [-0.05, 0) is 55.8 Å². The molecule has 1 fully saturated rings. The van der Waals surface area contributed by atoms with Gasteiger partial charge < -0.3 is 5.32 Å². The number of nitrogens with one attached hydrogen (secondary N) is 1. The van der Waals surface area contributed by atoms with Crippen LogP contribution in [0.5, 0.6) is 0 Å². The van der Waals surface area contributed by atoms with Crippen LogP contribution < -0.4 is 5.32 Å². The molecule has 1 atom stereocenters. The van der Waals surface area contributed by atoms with E-state index in [1.807, 2.05) is 0 Å². The molecule has 0 spiro atoms. The van der Waals surface area contributed by atoms with Crippen molar-refractivity contribution in [3.63, 3.8) is 0 Å². The Kier molecular flexibility index (Phi) is 3.11. The minimum atomic E-state index is 0.592. The Bertz CT molecular complexity index is 339. The highest BCUT2D eigenvalue weighted by molar-refractivity contribution is 5.36. The van der Waals surface area contributed by atoms with Crippen molar-refractivity contribution < 1.29 is 0 Å². The van der Waals surface area contributed by atoms with Crippen LogP contribution in [0.3, 0.4) is 0 Å². The van der Waals surface area contributed by atoms with E-state index in [1.54, 1.807) is 0 Å². The van der Waals surface area contributed by atoms with Crippen LogP contribution in [0.25, 0.3) is 0 Å². The van der Waals surface area contributed by atoms with E-state index in [9.17, 15) is 0 Å². The van der Waals surface area contributed by atoms with Crippen molar-refractivity contribution in [2.45, 2.75) is 39.7 Å². The molecular weight excluding hydrogens is 182 g/mol. The monoisotopic (exact) mass is 203 g/mol. The van der Waals surface area contributed by atoms with E-state index >= 15 is 0 Å². The second kappa shape index (κ2) is 4.36. The minimum Gasteiger partial charge on any atom is -0.310 e. The van der Waals surface area contributed by atoms with Crippen LogP contribution in [0.15, 0.2) is 18.2 Å². The lowest BCUT2D eigenvalue weighted by Gasteiger charge is -2.21. The van der Waals surface area contributed by atoms with Gasteiger partial charge in [-0.2, -0.15) is 0 Å². The van der Waals surface area contributed by atoms with Crippen molar-refractivity contribution in [2.24, 2.45) is 5.92 Å². The van der Waals surface area contributed by atoms with Gasteiger partial charge in [0.15, 0.2) is 0 Å². The Morgan fingerprint density at radius 1 is 1.33 bits per heavy atom. The van der Waals surface area contributed by atoms with Crippen LogP contribution >= 0.6 is 0 Å². The van der Waals surface area contributed by atoms with E-state index < -0.39 is 0 Å². The maximum Gasteiger partial charge on any atom is 0.0351 e. The molecule has 1 aliphatic rings. The lowest BCUT2D eigenvalue weighted by Crippen LogP contribution is -2.23. The molecule has 1 aromatic rings. The molecule has 0 heterocycles. The molecule has 2 rings (SSSR count). The first-order valence-electron chi connectivity index (χ1n) is 6.03. The summed E-state index contributed by atoms with van der Waals surface area (Å²) in [6.45, 7) is 7.71. The van der Waals surface area contributed by atoms with Crippen LogP contribution in [0.2, 0.25) is 0 Å². The Balaban J connectivity index is 2.28. The number of hydrogen-bond donors (Lipinski definition) is 1. The zero-order valence-electron chi connectivity index (χ0n) is 10.0. The van der Waals surface area contributed by atoms with E-state index in [4.69, 9.17) is 0 Å². The quantitative estimate of drug-likeness (QED) is 0.791. The summed E-state index contributed by atoms with van der Waals surface area (Å²) in [6.07, 6.45) is 2.79. The van der Waals surface area contributed by atoms with Gasteiger partial charge in [0.2, 0.25) is 0 Å². The van der Waals surface area contributed by atoms with Crippen molar-refractivity contribution in [1.82, 2.24) is 5.32 Å². The van der Waals surface area contributed by atoms with Crippen LogP contribution in [-0.2, 0) is 0 Å². The fraction of sp³-hybridized carbons (Fsp3) is 0.571. The van der Waals surface area contributed by atoms with Crippen molar-refractivity contribution in [3.05, 3.63) is 34.9 Å². The second-order valence-corrected chi connectivity index (χ2v) is 4.66. The summed E-state index contributed by atoms with van der Waals surface area (Å²) in [5.74, 6) is 0.880. The van der Waals surface area contributed by atoms with Gasteiger partial charge in [0.1, 0.15) is 0 Å². The number of aryl methyl sites for hydroxylation is 1. The van der Waals surface area contributed by atoms with E-state index in [0.717, 1.165) is 12.5 Å². The molecule has 0 aliphatic heterocycles. The summed E-state index contributed by atoms with van der Waals surface area (Å²) < 4.78 is 0. The van der Waals surface area contributed by atoms with Gasteiger partial charge in [-0.1, -0.05) is 25.1 Å². The summed E-state index contributed by atoms with van der Waals surface area (Å²) in [7, 11) is 0. The SMILES string of the molecule is CCNC(c1cccc(C)c1C)C1CC1. The molecule has 0 aromatic heterocycles. The Morgan fingerprint density at radius 2 is 2.07 bits per heavy atom. The van der Waals surface area contributed by atoms with Gasteiger partial charge in [0.05, 0.1) is 0 Å². The largest absolute Gasteiger partial charge is 0.310 e. The average molecular weight is 203 g/mol. The normalized spacial score (nSPS) is 17.8. The Morgan fingerprint density at radius 3 is 2.67 bits per heavy atom. The molecular formula is C14H21N. The predicted octanol–water partition coefficient (Wildman–Crippen LogP) is 3.36. The number of rotatable bonds is 4. The molecule has 82 valence electrons. The number of benzene rings is 1. The minimum absolute atomic E-state index is 0.592. The van der Waals surface area contributed by atoms with Gasteiger partial charge in [-0.3, -0.25) is 0 Å².